The molecule has 2 atom stereocenters. The number of hydrogen-bond acceptors (Lipinski definition) is 5. The van der Waals surface area contributed by atoms with Crippen LogP contribution in [0.5, 0.6) is 0 Å². The van der Waals surface area contributed by atoms with Crippen molar-refractivity contribution in [2.45, 2.75) is 44.4 Å². The summed E-state index contributed by atoms with van der Waals surface area (Å²) in [4.78, 5) is 14.2. The number of nitrogens with one attached hydrogen (secondary N) is 1. The molecule has 3 N–H and O–H groups in total. The molecule has 1 amide bonds. The lowest BCUT2D eigenvalue weighted by Gasteiger charge is -2.31. The van der Waals surface area contributed by atoms with Crippen LogP contribution in [0.4, 0.5) is 18.0 Å². The van der Waals surface area contributed by atoms with Gasteiger partial charge in [0.1, 0.15) is 6.10 Å². The molecule has 1 aromatic rings. The number of likely N-dealkylation sites (tertiary alicyclic amines) is 1. The van der Waals surface area contributed by atoms with E-state index in [4.69, 9.17) is 4.74 Å². The molecule has 154 valence electrons. The van der Waals surface area contributed by atoms with Gasteiger partial charge in [-0.15, -0.1) is 0 Å². The Morgan fingerprint density at radius 3 is 2.64 bits per heavy atom. The normalized spacial score (nSPS) is 18.8. The minimum Gasteiger partial charge on any atom is -0.444 e. The zero-order valence-electron chi connectivity index (χ0n) is 15.5. The Hall–Kier alpha value is -2.20. The van der Waals surface area contributed by atoms with Crippen LogP contribution in [0.2, 0.25) is 0 Å². The summed E-state index contributed by atoms with van der Waals surface area (Å²) in [5.74, 6) is -1.11. The largest absolute Gasteiger partial charge is 0.475 e. The summed E-state index contributed by atoms with van der Waals surface area (Å²) in [6, 6.07) is 4.29. The minimum atomic E-state index is -4.45. The van der Waals surface area contributed by atoms with Crippen LogP contribution in [-0.4, -0.2) is 53.3 Å². The van der Waals surface area contributed by atoms with Crippen molar-refractivity contribution >= 4 is 13.2 Å². The second-order valence-corrected chi connectivity index (χ2v) is 6.71. The van der Waals surface area contributed by atoms with Crippen molar-refractivity contribution in [2.75, 3.05) is 13.1 Å². The van der Waals surface area contributed by atoms with Gasteiger partial charge in [0.15, 0.2) is 0 Å². The number of alkyl halides is 3. The first-order chi connectivity index (χ1) is 13.2. The number of ether oxygens (including phenoxy) is 1. The summed E-state index contributed by atoms with van der Waals surface area (Å²) in [6.07, 6.45) is -0.252. The summed E-state index contributed by atoms with van der Waals surface area (Å²) in [7, 11) is -1.89. The summed E-state index contributed by atoms with van der Waals surface area (Å²) in [5.41, 5.74) is -0.379. The third-order valence-corrected chi connectivity index (χ3v) is 4.44. The number of amides is 1. The maximum Gasteiger partial charge on any atom is 0.475 e. The number of nitrogens with zero attached hydrogens (tertiary/aromatic N) is 1. The Morgan fingerprint density at radius 1 is 1.39 bits per heavy atom. The van der Waals surface area contributed by atoms with E-state index in [2.05, 4.69) is 5.32 Å². The molecule has 0 aromatic heterocycles. The fourth-order valence-corrected chi connectivity index (χ4v) is 3.06. The number of rotatable bonds is 6. The van der Waals surface area contributed by atoms with Crippen molar-refractivity contribution in [3.05, 3.63) is 47.7 Å². The van der Waals surface area contributed by atoms with Gasteiger partial charge in [0.05, 0.1) is 18.0 Å². The number of carbonyl (C=O) groups excluding carboxylic acids is 1. The third kappa shape index (κ3) is 6.76. The van der Waals surface area contributed by atoms with Crippen LogP contribution in [0.1, 0.15) is 30.9 Å². The van der Waals surface area contributed by atoms with E-state index in [1.54, 1.807) is 0 Å². The summed E-state index contributed by atoms with van der Waals surface area (Å²) in [6.45, 7) is 3.31. The predicted octanol–water partition coefficient (Wildman–Crippen LogP) is 2.35. The lowest BCUT2D eigenvalue weighted by Crippen LogP contribution is -2.49. The number of carbonyl (C=O) groups is 1. The van der Waals surface area contributed by atoms with E-state index in [0.29, 0.717) is 18.5 Å². The second kappa shape index (κ2) is 9.84. The molecule has 1 aromatic carbocycles. The first kappa shape index (κ1) is 22.1. The molecule has 1 aliphatic rings. The zero-order chi connectivity index (χ0) is 20.7. The van der Waals surface area contributed by atoms with E-state index in [9.17, 15) is 28.0 Å². The molecule has 1 heterocycles. The van der Waals surface area contributed by atoms with Crippen molar-refractivity contribution in [1.29, 1.82) is 0 Å². The van der Waals surface area contributed by atoms with Gasteiger partial charge in [0.25, 0.3) is 0 Å². The highest BCUT2D eigenvalue weighted by molar-refractivity contribution is 6.43. The van der Waals surface area contributed by atoms with Crippen molar-refractivity contribution in [3.8, 4) is 0 Å². The highest BCUT2D eigenvalue weighted by Gasteiger charge is 2.31. The number of benzene rings is 1. The Balaban J connectivity index is 1.92. The van der Waals surface area contributed by atoms with Crippen molar-refractivity contribution in [1.82, 2.24) is 10.2 Å². The predicted molar refractivity (Wildman–Crippen MR) is 98.2 cm³/mol. The number of hydrogen-bond donors (Lipinski definition) is 3. The standard InChI is InChI=1S/C18H24BF3N2O4/c1-2-9-24-10-3-4-15(12-24)28-17(25)23-16(19(26)27)11-13-5-7-14(8-6-13)18(20,21)22/h2,5-9,15-16,26-27H,3-4,10-12H2,1H3,(H,23,25)/t15?,16-/m0/s1. The van der Waals surface area contributed by atoms with Crippen LogP contribution < -0.4 is 5.32 Å². The number of allylic oxidation sites excluding steroid dienone is 1. The highest BCUT2D eigenvalue weighted by Crippen LogP contribution is 2.29. The number of alkyl carbamates (subject to hydrolysis) is 1. The molecule has 1 fully saturated rings. The maximum atomic E-state index is 12.6. The molecular formula is C18H24BF3N2O4. The van der Waals surface area contributed by atoms with Gasteiger partial charge >= 0.3 is 19.4 Å². The van der Waals surface area contributed by atoms with Gasteiger partial charge in [-0.05, 0) is 50.1 Å². The SMILES string of the molecule is CC=CN1CCCC(OC(=O)N[C@@H](Cc2ccc(C(F)(F)F)cc2)B(O)O)C1. The maximum absolute atomic E-state index is 12.6. The monoisotopic (exact) mass is 400 g/mol. The summed E-state index contributed by atoms with van der Waals surface area (Å²) >= 11 is 0. The van der Waals surface area contributed by atoms with Crippen LogP contribution in [0.15, 0.2) is 36.5 Å². The molecule has 10 heteroatoms. The third-order valence-electron chi connectivity index (χ3n) is 4.44. The molecule has 0 radical (unpaired) electrons. The minimum absolute atomic E-state index is 0.0553. The Morgan fingerprint density at radius 2 is 2.07 bits per heavy atom. The first-order valence-electron chi connectivity index (χ1n) is 9.05. The van der Waals surface area contributed by atoms with Crippen molar-refractivity contribution < 1.29 is 32.8 Å². The number of halogens is 3. The first-order valence-corrected chi connectivity index (χ1v) is 9.05. The fourth-order valence-electron chi connectivity index (χ4n) is 3.06. The molecule has 0 bridgehead atoms. The van der Waals surface area contributed by atoms with Gasteiger partial charge in [0, 0.05) is 6.54 Å². The molecule has 2 rings (SSSR count). The Labute approximate surface area is 162 Å². The molecule has 1 unspecified atom stereocenters. The average molecular weight is 400 g/mol. The summed E-state index contributed by atoms with van der Waals surface area (Å²) < 4.78 is 43.2. The van der Waals surface area contributed by atoms with E-state index in [1.165, 1.54) is 12.1 Å². The van der Waals surface area contributed by atoms with Gasteiger partial charge < -0.3 is 25.0 Å². The van der Waals surface area contributed by atoms with Crippen LogP contribution in [0, 0.1) is 0 Å². The van der Waals surface area contributed by atoms with E-state index >= 15 is 0 Å². The fraction of sp³-hybridized carbons (Fsp3) is 0.500. The lowest BCUT2D eigenvalue weighted by atomic mass is 9.76. The van der Waals surface area contributed by atoms with Gasteiger partial charge in [-0.25, -0.2) is 4.79 Å². The molecule has 0 spiro atoms. The van der Waals surface area contributed by atoms with Crippen molar-refractivity contribution in [2.24, 2.45) is 0 Å². The Bertz CT molecular complexity index is 668. The Kier molecular flexibility index (Phi) is 7.76. The average Bonchev–Trinajstić information content (AvgIpc) is 2.61. The molecule has 28 heavy (non-hydrogen) atoms. The van der Waals surface area contributed by atoms with Gasteiger partial charge in [0.2, 0.25) is 0 Å². The lowest BCUT2D eigenvalue weighted by molar-refractivity contribution is -0.137. The summed E-state index contributed by atoms with van der Waals surface area (Å²) in [5, 5.41) is 21.4. The quantitative estimate of drug-likeness (QED) is 0.639. The number of piperidine rings is 1. The van der Waals surface area contributed by atoms with Crippen LogP contribution >= 0.6 is 0 Å². The van der Waals surface area contributed by atoms with Crippen LogP contribution in [0.3, 0.4) is 0 Å². The molecule has 1 saturated heterocycles. The van der Waals surface area contributed by atoms with E-state index in [1.807, 2.05) is 24.1 Å². The smallest absolute Gasteiger partial charge is 0.444 e. The highest BCUT2D eigenvalue weighted by atomic mass is 19.4. The molecule has 0 saturated carbocycles. The van der Waals surface area contributed by atoms with Gasteiger partial charge in [-0.2, -0.15) is 13.2 Å². The van der Waals surface area contributed by atoms with Crippen molar-refractivity contribution in [3.63, 3.8) is 0 Å². The topological polar surface area (TPSA) is 82.0 Å². The second-order valence-electron chi connectivity index (χ2n) is 6.71. The van der Waals surface area contributed by atoms with Crippen LogP contribution in [0.25, 0.3) is 0 Å². The molecule has 6 nitrogen and oxygen atoms in total. The van der Waals surface area contributed by atoms with E-state index < -0.39 is 30.9 Å². The van der Waals surface area contributed by atoms with Crippen LogP contribution in [-0.2, 0) is 17.3 Å². The van der Waals surface area contributed by atoms with Gasteiger partial charge in [-0.1, -0.05) is 18.2 Å². The molecule has 0 aliphatic carbocycles. The van der Waals surface area contributed by atoms with E-state index in [-0.39, 0.29) is 12.5 Å². The zero-order valence-corrected chi connectivity index (χ0v) is 15.5. The van der Waals surface area contributed by atoms with Gasteiger partial charge in [-0.3, -0.25) is 0 Å². The molecule has 1 aliphatic heterocycles. The van der Waals surface area contributed by atoms with E-state index in [0.717, 1.165) is 25.1 Å². The molecular weight excluding hydrogens is 376 g/mol.